The van der Waals surface area contributed by atoms with E-state index in [-0.39, 0.29) is 23.1 Å². The minimum atomic E-state index is -4.49. The van der Waals surface area contributed by atoms with E-state index in [1.165, 1.54) is 17.7 Å². The molecule has 0 amide bonds. The summed E-state index contributed by atoms with van der Waals surface area (Å²) in [7, 11) is 2.83. The maximum atomic E-state index is 13.0. The molecule has 1 aromatic carbocycles. The minimum Gasteiger partial charge on any atom is -0.496 e. The normalized spacial score (nSPS) is 12.2. The Kier molecular flexibility index (Phi) is 4.53. The van der Waals surface area contributed by atoms with E-state index in [2.05, 4.69) is 5.10 Å². The van der Waals surface area contributed by atoms with Crippen LogP contribution in [0.3, 0.4) is 0 Å². The SMILES string of the molecule is COc1cc(C(F)(F)F)ccc1-c1nn2c(C)cc(C(C)C)c2c(=O)n1C. The van der Waals surface area contributed by atoms with Crippen LogP contribution in [0.1, 0.15) is 36.6 Å². The number of benzene rings is 1. The van der Waals surface area contributed by atoms with Crippen molar-refractivity contribution >= 4 is 5.52 Å². The van der Waals surface area contributed by atoms with Gasteiger partial charge in [-0.1, -0.05) is 13.8 Å². The molecule has 0 saturated heterocycles. The maximum absolute atomic E-state index is 13.0. The molecule has 0 bridgehead atoms. The van der Waals surface area contributed by atoms with E-state index in [1.807, 2.05) is 26.8 Å². The Morgan fingerprint density at radius 1 is 1.19 bits per heavy atom. The summed E-state index contributed by atoms with van der Waals surface area (Å²) < 4.78 is 47.0. The molecule has 0 unspecified atom stereocenters. The van der Waals surface area contributed by atoms with Gasteiger partial charge in [0.2, 0.25) is 0 Å². The quantitative estimate of drug-likeness (QED) is 0.687. The summed E-state index contributed by atoms with van der Waals surface area (Å²) in [6.45, 7) is 5.81. The van der Waals surface area contributed by atoms with Crippen molar-refractivity contribution in [3.05, 3.63) is 51.4 Å². The molecule has 8 heteroatoms. The molecule has 3 rings (SSSR count). The van der Waals surface area contributed by atoms with Gasteiger partial charge >= 0.3 is 6.18 Å². The first kappa shape index (κ1) is 19.0. The number of hydrogen-bond donors (Lipinski definition) is 0. The number of rotatable bonds is 3. The largest absolute Gasteiger partial charge is 0.496 e. The fourth-order valence-corrected chi connectivity index (χ4v) is 3.14. The number of halogens is 3. The summed E-state index contributed by atoms with van der Waals surface area (Å²) in [6.07, 6.45) is -4.49. The lowest BCUT2D eigenvalue weighted by Crippen LogP contribution is -2.24. The zero-order valence-corrected chi connectivity index (χ0v) is 15.7. The topological polar surface area (TPSA) is 48.5 Å². The molecule has 0 aliphatic rings. The second-order valence-corrected chi connectivity index (χ2v) is 6.76. The van der Waals surface area contributed by atoms with Crippen LogP contribution in [0.25, 0.3) is 16.9 Å². The lowest BCUT2D eigenvalue weighted by molar-refractivity contribution is -0.137. The van der Waals surface area contributed by atoms with Gasteiger partial charge in [-0.15, -0.1) is 5.10 Å². The van der Waals surface area contributed by atoms with Gasteiger partial charge < -0.3 is 4.74 Å². The van der Waals surface area contributed by atoms with Crippen molar-refractivity contribution in [3.8, 4) is 17.1 Å². The van der Waals surface area contributed by atoms with Gasteiger partial charge in [0.15, 0.2) is 5.82 Å². The second-order valence-electron chi connectivity index (χ2n) is 6.76. The molecule has 0 aliphatic heterocycles. The first-order chi connectivity index (χ1) is 12.6. The molecular formula is C19H20F3N3O2. The lowest BCUT2D eigenvalue weighted by atomic mass is 10.1. The van der Waals surface area contributed by atoms with Gasteiger partial charge in [-0.25, -0.2) is 4.52 Å². The number of ether oxygens (including phenoxy) is 1. The van der Waals surface area contributed by atoms with Gasteiger partial charge in [0.1, 0.15) is 11.3 Å². The Morgan fingerprint density at radius 2 is 1.85 bits per heavy atom. The molecule has 0 aliphatic carbocycles. The molecular weight excluding hydrogens is 359 g/mol. The summed E-state index contributed by atoms with van der Waals surface area (Å²) in [5, 5.41) is 4.53. The van der Waals surface area contributed by atoms with E-state index >= 15 is 0 Å². The summed E-state index contributed by atoms with van der Waals surface area (Å²) >= 11 is 0. The first-order valence-electron chi connectivity index (χ1n) is 8.41. The van der Waals surface area contributed by atoms with Crippen molar-refractivity contribution in [2.75, 3.05) is 7.11 Å². The summed E-state index contributed by atoms with van der Waals surface area (Å²) in [5.41, 5.74) is 1.35. The van der Waals surface area contributed by atoms with E-state index < -0.39 is 11.7 Å². The van der Waals surface area contributed by atoms with E-state index in [0.29, 0.717) is 11.1 Å². The van der Waals surface area contributed by atoms with E-state index in [0.717, 1.165) is 23.4 Å². The maximum Gasteiger partial charge on any atom is 0.416 e. The highest BCUT2D eigenvalue weighted by molar-refractivity contribution is 5.67. The average molecular weight is 379 g/mol. The molecule has 2 aromatic heterocycles. The number of aryl methyl sites for hydroxylation is 1. The van der Waals surface area contributed by atoms with E-state index in [9.17, 15) is 18.0 Å². The molecule has 2 heterocycles. The number of aromatic nitrogens is 3. The Balaban J connectivity index is 2.32. The highest BCUT2D eigenvalue weighted by Crippen LogP contribution is 2.36. The third kappa shape index (κ3) is 3.09. The van der Waals surface area contributed by atoms with Crippen LogP contribution in [-0.2, 0) is 13.2 Å². The predicted octanol–water partition coefficient (Wildman–Crippen LogP) is 4.16. The van der Waals surface area contributed by atoms with Crippen molar-refractivity contribution < 1.29 is 17.9 Å². The highest BCUT2D eigenvalue weighted by Gasteiger charge is 2.32. The number of methoxy groups -OCH3 is 1. The van der Waals surface area contributed by atoms with Crippen molar-refractivity contribution in [2.24, 2.45) is 7.05 Å². The molecule has 27 heavy (non-hydrogen) atoms. The zero-order chi connectivity index (χ0) is 20.1. The Labute approximate surface area is 154 Å². The van der Waals surface area contributed by atoms with E-state index in [4.69, 9.17) is 4.74 Å². The Bertz CT molecular complexity index is 1080. The van der Waals surface area contributed by atoms with Crippen LogP contribution in [0.4, 0.5) is 13.2 Å². The molecule has 3 aromatic rings. The molecule has 5 nitrogen and oxygen atoms in total. The molecule has 0 atom stereocenters. The third-order valence-corrected chi connectivity index (χ3v) is 4.60. The summed E-state index contributed by atoms with van der Waals surface area (Å²) in [4.78, 5) is 13.0. The van der Waals surface area contributed by atoms with Crippen LogP contribution in [0.2, 0.25) is 0 Å². The van der Waals surface area contributed by atoms with Crippen LogP contribution < -0.4 is 10.3 Å². The van der Waals surface area contributed by atoms with Crippen LogP contribution >= 0.6 is 0 Å². The van der Waals surface area contributed by atoms with E-state index in [1.54, 1.807) is 11.6 Å². The van der Waals surface area contributed by atoms with Crippen LogP contribution in [0.15, 0.2) is 29.1 Å². The molecule has 144 valence electrons. The Morgan fingerprint density at radius 3 is 2.41 bits per heavy atom. The van der Waals surface area contributed by atoms with Crippen molar-refractivity contribution in [1.82, 2.24) is 14.2 Å². The van der Waals surface area contributed by atoms with Crippen molar-refractivity contribution in [2.45, 2.75) is 32.9 Å². The van der Waals surface area contributed by atoms with Gasteiger partial charge in [0, 0.05) is 12.7 Å². The van der Waals surface area contributed by atoms with Gasteiger partial charge in [0.05, 0.1) is 18.2 Å². The number of nitrogens with zero attached hydrogens (tertiary/aromatic N) is 3. The van der Waals surface area contributed by atoms with Crippen LogP contribution in [0, 0.1) is 6.92 Å². The fourth-order valence-electron chi connectivity index (χ4n) is 3.14. The van der Waals surface area contributed by atoms with Gasteiger partial charge in [-0.05, 0) is 42.7 Å². The van der Waals surface area contributed by atoms with Gasteiger partial charge in [0.25, 0.3) is 5.56 Å². The monoisotopic (exact) mass is 379 g/mol. The predicted molar refractivity (Wildman–Crippen MR) is 96.2 cm³/mol. The van der Waals surface area contributed by atoms with Gasteiger partial charge in [-0.2, -0.15) is 13.2 Å². The average Bonchev–Trinajstić information content (AvgIpc) is 2.94. The number of hydrogen-bond acceptors (Lipinski definition) is 3. The molecule has 0 radical (unpaired) electrons. The molecule has 0 fully saturated rings. The first-order valence-corrected chi connectivity index (χ1v) is 8.41. The fraction of sp³-hybridized carbons (Fsp3) is 0.368. The molecule has 0 spiro atoms. The zero-order valence-electron chi connectivity index (χ0n) is 15.7. The number of alkyl halides is 3. The highest BCUT2D eigenvalue weighted by atomic mass is 19.4. The molecule has 0 saturated carbocycles. The third-order valence-electron chi connectivity index (χ3n) is 4.60. The van der Waals surface area contributed by atoms with Crippen LogP contribution in [0.5, 0.6) is 5.75 Å². The molecule has 0 N–H and O–H groups in total. The summed E-state index contributed by atoms with van der Waals surface area (Å²) in [6, 6.07) is 5.05. The number of fused-ring (bicyclic) bond motifs is 1. The standard InChI is InChI=1S/C19H20F3N3O2/c1-10(2)14-8-11(3)25-16(14)18(26)24(4)17(23-25)13-7-6-12(19(20,21)22)9-15(13)27-5/h6-10H,1-5H3. The summed E-state index contributed by atoms with van der Waals surface area (Å²) in [5.74, 6) is 0.363. The lowest BCUT2D eigenvalue weighted by Gasteiger charge is -2.15. The van der Waals surface area contributed by atoms with Crippen LogP contribution in [-0.4, -0.2) is 21.3 Å². The van der Waals surface area contributed by atoms with Crippen molar-refractivity contribution in [3.63, 3.8) is 0 Å². The smallest absolute Gasteiger partial charge is 0.416 e. The van der Waals surface area contributed by atoms with Crippen molar-refractivity contribution in [1.29, 1.82) is 0 Å². The second kappa shape index (κ2) is 6.44. The Hall–Kier alpha value is -2.77. The van der Waals surface area contributed by atoms with Gasteiger partial charge in [-0.3, -0.25) is 9.36 Å². The minimum absolute atomic E-state index is 0.000525.